The summed E-state index contributed by atoms with van der Waals surface area (Å²) in [6.07, 6.45) is -1.06. The molecule has 0 unspecified atom stereocenters. The van der Waals surface area contributed by atoms with Crippen LogP contribution in [-0.4, -0.2) is 6.43 Å². The number of para-hydroxylation sites is 1. The highest BCUT2D eigenvalue weighted by atomic mass is 19.3. The Hall–Kier alpha value is -1.38. The van der Waals surface area contributed by atoms with E-state index in [1.54, 1.807) is 24.3 Å². The standard InChI is InChI=1S/C9H6F2N/c10-9(11)8-5-6-3-1-2-4-7(6)12-8/h1-5,9H. The molecule has 0 aliphatic carbocycles. The molecule has 1 nitrogen and oxygen atoms in total. The Balaban J connectivity index is 2.35. The molecule has 0 N–H and O–H groups in total. The van der Waals surface area contributed by atoms with Crippen molar-refractivity contribution in [2.45, 2.75) is 6.43 Å². The molecule has 1 radical (unpaired) electrons. The van der Waals surface area contributed by atoms with E-state index in [-0.39, 0.29) is 5.70 Å². The monoisotopic (exact) mass is 166 g/mol. The number of rotatable bonds is 1. The zero-order chi connectivity index (χ0) is 8.55. The van der Waals surface area contributed by atoms with Gasteiger partial charge in [-0.25, -0.2) is 14.1 Å². The van der Waals surface area contributed by atoms with E-state index in [4.69, 9.17) is 0 Å². The van der Waals surface area contributed by atoms with Gasteiger partial charge in [0.05, 0.1) is 5.69 Å². The molecule has 1 heterocycles. The van der Waals surface area contributed by atoms with Gasteiger partial charge in [-0.1, -0.05) is 18.2 Å². The molecule has 1 aromatic carbocycles. The van der Waals surface area contributed by atoms with Crippen molar-refractivity contribution < 1.29 is 8.78 Å². The highest BCUT2D eigenvalue weighted by Crippen LogP contribution is 2.29. The Morgan fingerprint density at radius 2 is 1.92 bits per heavy atom. The molecule has 61 valence electrons. The highest BCUT2D eigenvalue weighted by molar-refractivity contribution is 5.71. The first-order valence-corrected chi connectivity index (χ1v) is 3.58. The zero-order valence-corrected chi connectivity index (χ0v) is 6.17. The summed E-state index contributed by atoms with van der Waals surface area (Å²) in [4.78, 5) is 0. The van der Waals surface area contributed by atoms with Crippen molar-refractivity contribution in [3.63, 3.8) is 0 Å². The van der Waals surface area contributed by atoms with Crippen LogP contribution in [0.5, 0.6) is 0 Å². The number of fused-ring (bicyclic) bond motifs is 1. The van der Waals surface area contributed by atoms with Crippen molar-refractivity contribution in [3.8, 4) is 0 Å². The van der Waals surface area contributed by atoms with Gasteiger partial charge < -0.3 is 0 Å². The van der Waals surface area contributed by atoms with E-state index >= 15 is 0 Å². The normalized spacial score (nSPS) is 14.1. The van der Waals surface area contributed by atoms with Crippen LogP contribution in [0.25, 0.3) is 6.08 Å². The minimum Gasteiger partial charge on any atom is -0.247 e. The molecule has 0 bridgehead atoms. The summed E-state index contributed by atoms with van der Waals surface area (Å²) in [5, 5.41) is 3.76. The second-order valence-electron chi connectivity index (χ2n) is 2.54. The summed E-state index contributed by atoms with van der Waals surface area (Å²) in [5.74, 6) is 0. The lowest BCUT2D eigenvalue weighted by atomic mass is 10.2. The van der Waals surface area contributed by atoms with E-state index in [1.165, 1.54) is 6.08 Å². The first-order valence-electron chi connectivity index (χ1n) is 3.58. The minimum atomic E-state index is -2.47. The van der Waals surface area contributed by atoms with Crippen LogP contribution >= 0.6 is 0 Å². The van der Waals surface area contributed by atoms with Gasteiger partial charge in [-0.15, -0.1) is 0 Å². The number of benzene rings is 1. The third kappa shape index (κ3) is 1.07. The number of hydrogen-bond donors (Lipinski definition) is 0. The molecule has 0 saturated carbocycles. The van der Waals surface area contributed by atoms with Crippen LogP contribution in [0.1, 0.15) is 5.56 Å². The third-order valence-corrected chi connectivity index (χ3v) is 1.71. The lowest BCUT2D eigenvalue weighted by Gasteiger charge is -1.98. The average molecular weight is 166 g/mol. The van der Waals surface area contributed by atoms with E-state index in [0.29, 0.717) is 5.69 Å². The number of hydrogen-bond acceptors (Lipinski definition) is 0. The van der Waals surface area contributed by atoms with E-state index in [9.17, 15) is 8.78 Å². The predicted molar refractivity (Wildman–Crippen MR) is 42.2 cm³/mol. The molecule has 0 saturated heterocycles. The number of halogens is 2. The molecule has 0 fully saturated rings. The SMILES string of the molecule is FC(F)C1=Cc2ccccc2[N]1. The Labute approximate surface area is 68.7 Å². The fourth-order valence-corrected chi connectivity index (χ4v) is 1.15. The molecule has 0 aromatic heterocycles. The van der Waals surface area contributed by atoms with Gasteiger partial charge in [0.1, 0.15) is 5.70 Å². The highest BCUT2D eigenvalue weighted by Gasteiger charge is 2.19. The third-order valence-electron chi connectivity index (χ3n) is 1.71. The van der Waals surface area contributed by atoms with Crippen LogP contribution < -0.4 is 5.32 Å². The predicted octanol–water partition coefficient (Wildman–Crippen LogP) is 2.54. The summed E-state index contributed by atoms with van der Waals surface area (Å²) in [6.45, 7) is 0. The molecule has 1 aliphatic rings. The summed E-state index contributed by atoms with van der Waals surface area (Å²) in [6, 6.07) is 7.08. The van der Waals surface area contributed by atoms with Crippen LogP contribution in [0.3, 0.4) is 0 Å². The first kappa shape index (κ1) is 7.28. The second-order valence-corrected chi connectivity index (χ2v) is 2.54. The van der Waals surface area contributed by atoms with Crippen LogP contribution in [-0.2, 0) is 0 Å². The van der Waals surface area contributed by atoms with Crippen molar-refractivity contribution in [1.29, 1.82) is 0 Å². The molecule has 0 atom stereocenters. The van der Waals surface area contributed by atoms with Crippen molar-refractivity contribution in [2.75, 3.05) is 0 Å². The maximum absolute atomic E-state index is 12.1. The first-order chi connectivity index (χ1) is 5.77. The minimum absolute atomic E-state index is 0.142. The molecule has 1 aromatic rings. The van der Waals surface area contributed by atoms with Gasteiger partial charge in [-0.2, -0.15) is 0 Å². The van der Waals surface area contributed by atoms with Crippen LogP contribution in [0.2, 0.25) is 0 Å². The van der Waals surface area contributed by atoms with Crippen LogP contribution in [0.4, 0.5) is 14.5 Å². The average Bonchev–Trinajstić information content (AvgIpc) is 2.46. The fourth-order valence-electron chi connectivity index (χ4n) is 1.15. The lowest BCUT2D eigenvalue weighted by molar-refractivity contribution is 0.185. The Kier molecular flexibility index (Phi) is 1.57. The molecule has 0 amide bonds. The smallest absolute Gasteiger partial charge is 0.247 e. The molecular formula is C9H6F2N. The van der Waals surface area contributed by atoms with Gasteiger partial charge in [0.25, 0.3) is 6.43 Å². The van der Waals surface area contributed by atoms with Gasteiger partial charge in [-0.3, -0.25) is 0 Å². The van der Waals surface area contributed by atoms with Gasteiger partial charge in [-0.05, 0) is 12.1 Å². The van der Waals surface area contributed by atoms with E-state index in [1.807, 2.05) is 0 Å². The van der Waals surface area contributed by atoms with Gasteiger partial charge in [0, 0.05) is 5.56 Å². The molecule has 1 aliphatic heterocycles. The van der Waals surface area contributed by atoms with Crippen LogP contribution in [0.15, 0.2) is 30.0 Å². The van der Waals surface area contributed by atoms with E-state index in [2.05, 4.69) is 5.32 Å². The van der Waals surface area contributed by atoms with Crippen molar-refractivity contribution in [2.24, 2.45) is 0 Å². The Morgan fingerprint density at radius 3 is 2.58 bits per heavy atom. The van der Waals surface area contributed by atoms with Gasteiger partial charge in [0.2, 0.25) is 0 Å². The summed E-state index contributed by atoms with van der Waals surface area (Å²) >= 11 is 0. The number of alkyl halides is 2. The Morgan fingerprint density at radius 1 is 1.17 bits per heavy atom. The molecule has 3 heteroatoms. The summed E-state index contributed by atoms with van der Waals surface area (Å²) in [5.41, 5.74) is 1.26. The molecular weight excluding hydrogens is 160 g/mol. The zero-order valence-electron chi connectivity index (χ0n) is 6.17. The quantitative estimate of drug-likeness (QED) is 0.608. The molecule has 0 spiro atoms. The van der Waals surface area contributed by atoms with E-state index < -0.39 is 6.43 Å². The topological polar surface area (TPSA) is 14.1 Å². The van der Waals surface area contributed by atoms with Crippen molar-refractivity contribution in [3.05, 3.63) is 35.5 Å². The van der Waals surface area contributed by atoms with Gasteiger partial charge >= 0.3 is 0 Å². The fraction of sp³-hybridized carbons (Fsp3) is 0.111. The second kappa shape index (κ2) is 2.59. The maximum Gasteiger partial charge on any atom is 0.280 e. The van der Waals surface area contributed by atoms with E-state index in [0.717, 1.165) is 5.56 Å². The number of nitrogens with zero attached hydrogens (tertiary/aromatic N) is 1. The number of allylic oxidation sites excluding steroid dienone is 1. The van der Waals surface area contributed by atoms with Crippen LogP contribution in [0, 0.1) is 0 Å². The largest absolute Gasteiger partial charge is 0.280 e. The lowest BCUT2D eigenvalue weighted by Crippen LogP contribution is -2.02. The summed E-state index contributed by atoms with van der Waals surface area (Å²) in [7, 11) is 0. The van der Waals surface area contributed by atoms with Gasteiger partial charge in [0.15, 0.2) is 0 Å². The maximum atomic E-state index is 12.1. The van der Waals surface area contributed by atoms with Crippen molar-refractivity contribution in [1.82, 2.24) is 5.32 Å². The Bertz CT molecular complexity index is 331. The van der Waals surface area contributed by atoms with Crippen molar-refractivity contribution >= 4 is 11.8 Å². The summed E-state index contributed by atoms with van der Waals surface area (Å²) < 4.78 is 24.3. The molecule has 12 heavy (non-hydrogen) atoms. The molecule has 2 rings (SSSR count).